The molecule has 0 saturated carbocycles. The second-order valence-corrected chi connectivity index (χ2v) is 4.52. The first-order valence-corrected chi connectivity index (χ1v) is 5.04. The summed E-state index contributed by atoms with van der Waals surface area (Å²) in [4.78, 5) is 11.3. The normalized spacial score (nSPS) is 13.7. The van der Waals surface area contributed by atoms with Gasteiger partial charge in [-0.2, -0.15) is 0 Å². The van der Waals surface area contributed by atoms with E-state index in [0.717, 1.165) is 0 Å². The molecule has 0 rings (SSSR count). The number of hydrogen-bond acceptors (Lipinski definition) is 4. The molecule has 5 heteroatoms. The summed E-state index contributed by atoms with van der Waals surface area (Å²) < 4.78 is 4.73. The molecule has 0 aromatic carbocycles. The molecule has 90 valence electrons. The highest BCUT2D eigenvalue weighted by atomic mass is 16.5. The highest BCUT2D eigenvalue weighted by Crippen LogP contribution is 1.96. The number of aliphatic hydroxyl groups is 1. The van der Waals surface area contributed by atoms with E-state index in [0.29, 0.717) is 0 Å². The SMILES string of the molecule is COCC(O)CNC(=O)CNC(C)(C)C. The summed E-state index contributed by atoms with van der Waals surface area (Å²) in [5.74, 6) is -0.125. The molecule has 1 atom stereocenters. The number of amides is 1. The average Bonchev–Trinajstić information content (AvgIpc) is 2.11. The Kier molecular flexibility index (Phi) is 6.47. The fourth-order valence-electron chi connectivity index (χ4n) is 0.891. The number of ether oxygens (including phenoxy) is 1. The van der Waals surface area contributed by atoms with Crippen molar-refractivity contribution in [1.29, 1.82) is 0 Å². The Bertz CT molecular complexity index is 190. The van der Waals surface area contributed by atoms with E-state index in [1.807, 2.05) is 20.8 Å². The van der Waals surface area contributed by atoms with Crippen molar-refractivity contribution < 1.29 is 14.6 Å². The Morgan fingerprint density at radius 2 is 2.07 bits per heavy atom. The van der Waals surface area contributed by atoms with Gasteiger partial charge in [-0.25, -0.2) is 0 Å². The number of hydrogen-bond donors (Lipinski definition) is 3. The Hall–Kier alpha value is -0.650. The zero-order valence-corrected chi connectivity index (χ0v) is 9.96. The first-order valence-electron chi connectivity index (χ1n) is 5.04. The third-order valence-corrected chi connectivity index (χ3v) is 1.67. The van der Waals surface area contributed by atoms with Gasteiger partial charge >= 0.3 is 0 Å². The quantitative estimate of drug-likeness (QED) is 0.562. The van der Waals surface area contributed by atoms with Gasteiger partial charge in [0.1, 0.15) is 0 Å². The van der Waals surface area contributed by atoms with Crippen molar-refractivity contribution in [3.05, 3.63) is 0 Å². The lowest BCUT2D eigenvalue weighted by Gasteiger charge is -2.20. The number of nitrogens with one attached hydrogen (secondary N) is 2. The third-order valence-electron chi connectivity index (χ3n) is 1.67. The number of carbonyl (C=O) groups is 1. The van der Waals surface area contributed by atoms with Gasteiger partial charge in [0.25, 0.3) is 0 Å². The Labute approximate surface area is 91.2 Å². The van der Waals surface area contributed by atoms with Crippen molar-refractivity contribution in [2.75, 3.05) is 26.8 Å². The van der Waals surface area contributed by atoms with E-state index in [4.69, 9.17) is 4.74 Å². The lowest BCUT2D eigenvalue weighted by atomic mass is 10.1. The Morgan fingerprint density at radius 3 is 2.53 bits per heavy atom. The smallest absolute Gasteiger partial charge is 0.234 e. The molecule has 1 unspecified atom stereocenters. The van der Waals surface area contributed by atoms with Gasteiger partial charge in [-0.1, -0.05) is 0 Å². The van der Waals surface area contributed by atoms with E-state index in [-0.39, 0.29) is 31.1 Å². The summed E-state index contributed by atoms with van der Waals surface area (Å²) in [5, 5.41) is 14.9. The molecule has 0 aromatic rings. The van der Waals surface area contributed by atoms with Crippen molar-refractivity contribution in [3.8, 4) is 0 Å². The van der Waals surface area contributed by atoms with Gasteiger partial charge in [0.05, 0.1) is 19.3 Å². The minimum atomic E-state index is -0.645. The van der Waals surface area contributed by atoms with Crippen LogP contribution in [0.2, 0.25) is 0 Å². The van der Waals surface area contributed by atoms with E-state index in [1.54, 1.807) is 0 Å². The molecule has 0 heterocycles. The van der Waals surface area contributed by atoms with Crippen LogP contribution < -0.4 is 10.6 Å². The molecule has 0 aromatic heterocycles. The largest absolute Gasteiger partial charge is 0.389 e. The van der Waals surface area contributed by atoms with Crippen LogP contribution in [0.1, 0.15) is 20.8 Å². The van der Waals surface area contributed by atoms with Crippen molar-refractivity contribution in [2.45, 2.75) is 32.4 Å². The molecule has 0 aliphatic carbocycles. The summed E-state index contributed by atoms with van der Waals surface area (Å²) in [6, 6.07) is 0. The van der Waals surface area contributed by atoms with Crippen molar-refractivity contribution in [3.63, 3.8) is 0 Å². The van der Waals surface area contributed by atoms with Crippen molar-refractivity contribution in [1.82, 2.24) is 10.6 Å². The van der Waals surface area contributed by atoms with Gasteiger partial charge in [0.15, 0.2) is 0 Å². The lowest BCUT2D eigenvalue weighted by molar-refractivity contribution is -0.121. The average molecular weight is 218 g/mol. The van der Waals surface area contributed by atoms with Gasteiger partial charge in [-0.15, -0.1) is 0 Å². The zero-order chi connectivity index (χ0) is 11.9. The molecule has 0 fully saturated rings. The van der Waals surface area contributed by atoms with E-state index in [2.05, 4.69) is 10.6 Å². The topological polar surface area (TPSA) is 70.6 Å². The van der Waals surface area contributed by atoms with E-state index >= 15 is 0 Å². The molecule has 15 heavy (non-hydrogen) atoms. The number of rotatable bonds is 6. The molecule has 3 N–H and O–H groups in total. The minimum Gasteiger partial charge on any atom is -0.389 e. The van der Waals surface area contributed by atoms with Crippen molar-refractivity contribution >= 4 is 5.91 Å². The van der Waals surface area contributed by atoms with Crippen LogP contribution in [-0.2, 0) is 9.53 Å². The molecular weight excluding hydrogens is 196 g/mol. The molecule has 5 nitrogen and oxygen atoms in total. The maximum absolute atomic E-state index is 11.3. The molecule has 0 saturated heterocycles. The summed E-state index contributed by atoms with van der Waals surface area (Å²) in [7, 11) is 1.51. The maximum Gasteiger partial charge on any atom is 0.234 e. The fraction of sp³-hybridized carbons (Fsp3) is 0.900. The molecule has 0 bridgehead atoms. The lowest BCUT2D eigenvalue weighted by Crippen LogP contribution is -2.45. The number of aliphatic hydroxyl groups excluding tert-OH is 1. The van der Waals surface area contributed by atoms with Gasteiger partial charge < -0.3 is 20.5 Å². The standard InChI is InChI=1S/C10H22N2O3/c1-10(2,3)12-6-9(14)11-5-8(13)7-15-4/h8,12-13H,5-7H2,1-4H3,(H,11,14). The predicted octanol–water partition coefficient (Wildman–Crippen LogP) is -0.502. The first kappa shape index (κ1) is 14.3. The summed E-state index contributed by atoms with van der Waals surface area (Å²) in [5.41, 5.74) is -0.0809. The third kappa shape index (κ3) is 9.65. The van der Waals surface area contributed by atoms with Crippen LogP contribution in [0.15, 0.2) is 0 Å². The molecule has 0 spiro atoms. The summed E-state index contributed by atoms with van der Waals surface area (Å²) in [6.45, 7) is 6.66. The Balaban J connectivity index is 3.58. The summed E-state index contributed by atoms with van der Waals surface area (Å²) >= 11 is 0. The monoisotopic (exact) mass is 218 g/mol. The van der Waals surface area contributed by atoms with Gasteiger partial charge in [0.2, 0.25) is 5.91 Å². The van der Waals surface area contributed by atoms with E-state index in [9.17, 15) is 9.90 Å². The van der Waals surface area contributed by atoms with Gasteiger partial charge in [-0.3, -0.25) is 4.79 Å². The highest BCUT2D eigenvalue weighted by Gasteiger charge is 2.11. The fourth-order valence-corrected chi connectivity index (χ4v) is 0.891. The second-order valence-electron chi connectivity index (χ2n) is 4.52. The van der Waals surface area contributed by atoms with Crippen LogP contribution >= 0.6 is 0 Å². The molecule has 0 aliphatic rings. The molecule has 1 amide bonds. The van der Waals surface area contributed by atoms with Gasteiger partial charge in [0, 0.05) is 19.2 Å². The van der Waals surface area contributed by atoms with E-state index in [1.165, 1.54) is 7.11 Å². The minimum absolute atomic E-state index is 0.0809. The second kappa shape index (κ2) is 6.76. The van der Waals surface area contributed by atoms with E-state index < -0.39 is 6.10 Å². The van der Waals surface area contributed by atoms with Crippen LogP contribution in [-0.4, -0.2) is 49.5 Å². The molecule has 0 aliphatic heterocycles. The number of carbonyl (C=O) groups excluding carboxylic acids is 1. The van der Waals surface area contributed by atoms with Gasteiger partial charge in [-0.05, 0) is 20.8 Å². The van der Waals surface area contributed by atoms with Crippen LogP contribution in [0.3, 0.4) is 0 Å². The predicted molar refractivity (Wildman–Crippen MR) is 58.6 cm³/mol. The first-order chi connectivity index (χ1) is 6.85. The molecular formula is C10H22N2O3. The van der Waals surface area contributed by atoms with Crippen molar-refractivity contribution in [2.24, 2.45) is 0 Å². The van der Waals surface area contributed by atoms with Crippen LogP contribution in [0, 0.1) is 0 Å². The van der Waals surface area contributed by atoms with Crippen LogP contribution in [0.25, 0.3) is 0 Å². The van der Waals surface area contributed by atoms with Crippen LogP contribution in [0.4, 0.5) is 0 Å². The summed E-state index contributed by atoms with van der Waals surface area (Å²) in [6.07, 6.45) is -0.645. The van der Waals surface area contributed by atoms with Crippen LogP contribution in [0.5, 0.6) is 0 Å². The molecule has 0 radical (unpaired) electrons. The zero-order valence-electron chi connectivity index (χ0n) is 9.96. The maximum atomic E-state index is 11.3. The Morgan fingerprint density at radius 1 is 1.47 bits per heavy atom. The highest BCUT2D eigenvalue weighted by molar-refractivity contribution is 5.78. The number of methoxy groups -OCH3 is 1.